The van der Waals surface area contributed by atoms with Gasteiger partial charge in [-0.15, -0.1) is 0 Å². The Kier molecular flexibility index (Phi) is 359. The van der Waals surface area contributed by atoms with Gasteiger partial charge in [0.2, 0.25) is 0 Å². The first-order valence-electron chi connectivity index (χ1n) is 0.500. The fourth-order valence-electron chi connectivity index (χ4n) is 0. The van der Waals surface area contributed by atoms with Crippen LogP contribution in [0.25, 0.3) is 0 Å². The summed E-state index contributed by atoms with van der Waals surface area (Å²) in [6, 6.07) is 0. The standard InChI is InChI=1S/CH3.H2O.O.Ti/h1H3;1H2;;/q;;-2;+3/p-1. The first kappa shape index (κ1) is 22.9. The zero-order valence-corrected chi connectivity index (χ0v) is 3.92. The normalized spacial score (nSPS) is 1.75. The summed E-state index contributed by atoms with van der Waals surface area (Å²) in [6.45, 7) is 0. The van der Waals surface area contributed by atoms with Crippen molar-refractivity contribution < 1.29 is 31.4 Å². The molecule has 0 amide bonds. The molecular formula is CH4O2Ti. The van der Waals surface area contributed by atoms with Gasteiger partial charge < -0.3 is 11.0 Å². The summed E-state index contributed by atoms with van der Waals surface area (Å²) in [4.78, 5) is 0. The van der Waals surface area contributed by atoms with E-state index in [0.29, 0.717) is 0 Å². The van der Waals surface area contributed by atoms with E-state index in [0.717, 1.165) is 0 Å². The Bertz CT molecular complexity index is 6.00. The quantitative estimate of drug-likeness (QED) is 0.399. The van der Waals surface area contributed by atoms with E-state index in [1.54, 1.807) is 0 Å². The van der Waals surface area contributed by atoms with Crippen LogP contribution in [0.2, 0.25) is 5.23 Å². The minimum Gasteiger partial charge on any atom is -2.00 e. The average Bonchev–Trinajstić information content (AvgIpc) is 1.00. The molecule has 0 aromatic rings. The molecule has 0 aromatic heterocycles. The van der Waals surface area contributed by atoms with Crippen LogP contribution in [0.1, 0.15) is 0 Å². The van der Waals surface area contributed by atoms with Gasteiger partial charge in [0, 0.05) is 0 Å². The summed E-state index contributed by atoms with van der Waals surface area (Å²) < 4.78 is 0. The Morgan fingerprint density at radius 1 is 1.25 bits per heavy atom. The first-order chi connectivity index (χ1) is 1.00. The topological polar surface area (TPSA) is 58.5 Å². The van der Waals surface area contributed by atoms with Gasteiger partial charge >= 0.3 is 25.7 Å². The second-order valence-electron chi connectivity index (χ2n) is 0. The van der Waals surface area contributed by atoms with Gasteiger partial charge in [0.15, 0.2) is 0 Å². The number of rotatable bonds is 0. The van der Waals surface area contributed by atoms with Crippen molar-refractivity contribution in [3.8, 4) is 0 Å². The van der Waals surface area contributed by atoms with Crippen molar-refractivity contribution in [2.45, 2.75) is 5.23 Å². The molecule has 0 saturated carbocycles. The SMILES string of the molecule is [CH3][Ti+3].[O-2].[OH-]. The van der Waals surface area contributed by atoms with E-state index in [9.17, 15) is 0 Å². The van der Waals surface area contributed by atoms with Crippen molar-refractivity contribution in [1.82, 2.24) is 0 Å². The van der Waals surface area contributed by atoms with E-state index in [1.165, 1.54) is 0 Å². The summed E-state index contributed by atoms with van der Waals surface area (Å²) in [5.74, 6) is 0. The second kappa shape index (κ2) is 62.7. The molecular weight excluding hydrogens is 91.9 g/mol. The van der Waals surface area contributed by atoms with Crippen LogP contribution in [0.15, 0.2) is 0 Å². The van der Waals surface area contributed by atoms with Crippen LogP contribution in [-0.4, -0.2) is 5.48 Å². The van der Waals surface area contributed by atoms with Crippen molar-refractivity contribution in [2.24, 2.45) is 0 Å². The molecule has 0 bridgehead atoms. The Balaban J connectivity index is -0.00000000500. The number of hydrogen-bond donors (Lipinski definition) is 0. The molecule has 0 fully saturated rings. The monoisotopic (exact) mass is 96.0 g/mol. The van der Waals surface area contributed by atoms with Crippen LogP contribution >= 0.6 is 0 Å². The van der Waals surface area contributed by atoms with E-state index in [1.807, 2.05) is 25.7 Å². The maximum atomic E-state index is 2.00. The van der Waals surface area contributed by atoms with Crippen LogP contribution < -0.4 is 0 Å². The van der Waals surface area contributed by atoms with Crippen molar-refractivity contribution in [1.29, 1.82) is 0 Å². The van der Waals surface area contributed by atoms with Gasteiger partial charge in [0.05, 0.1) is 0 Å². The van der Waals surface area contributed by atoms with E-state index in [2.05, 4.69) is 0 Å². The minimum atomic E-state index is 0. The molecule has 24 valence electrons. The van der Waals surface area contributed by atoms with Gasteiger partial charge in [-0.05, 0) is 0 Å². The average molecular weight is 95.9 g/mol. The Labute approximate surface area is 37.2 Å². The van der Waals surface area contributed by atoms with Crippen LogP contribution in [0.3, 0.4) is 0 Å². The van der Waals surface area contributed by atoms with Gasteiger partial charge in [0.1, 0.15) is 0 Å². The maximum absolute atomic E-state index is 2.00. The molecule has 0 rings (SSSR count). The molecule has 1 N–H and O–H groups in total. The van der Waals surface area contributed by atoms with Gasteiger partial charge in [-0.1, -0.05) is 0 Å². The molecule has 0 unspecified atom stereocenters. The van der Waals surface area contributed by atoms with Gasteiger partial charge in [-0.3, -0.25) is 0 Å². The van der Waals surface area contributed by atoms with Crippen LogP contribution in [-0.2, 0) is 25.9 Å². The third-order valence-corrected chi connectivity index (χ3v) is 0. The van der Waals surface area contributed by atoms with Crippen molar-refractivity contribution >= 4 is 0 Å². The van der Waals surface area contributed by atoms with Crippen LogP contribution in [0, 0.1) is 0 Å². The second-order valence-corrected chi connectivity index (χ2v) is 0. The van der Waals surface area contributed by atoms with Crippen molar-refractivity contribution in [3.05, 3.63) is 0 Å². The molecule has 0 saturated heterocycles. The summed E-state index contributed by atoms with van der Waals surface area (Å²) >= 11 is 2.00. The molecule has 4 heavy (non-hydrogen) atoms. The molecule has 0 heterocycles. The predicted octanol–water partition coefficient (Wildman–Crippen LogP) is 0.286. The smallest absolute Gasteiger partial charge is 0.870 e. The van der Waals surface area contributed by atoms with E-state index >= 15 is 0 Å². The largest absolute Gasteiger partial charge is 2.00 e. The molecule has 0 radical (unpaired) electrons. The molecule has 2 nitrogen and oxygen atoms in total. The molecule has 0 aromatic carbocycles. The Morgan fingerprint density at radius 2 is 1.25 bits per heavy atom. The third-order valence-electron chi connectivity index (χ3n) is 0. The summed E-state index contributed by atoms with van der Waals surface area (Å²) in [5, 5.41) is 2.00. The van der Waals surface area contributed by atoms with Gasteiger partial charge in [0.25, 0.3) is 0 Å². The van der Waals surface area contributed by atoms with Crippen LogP contribution in [0.4, 0.5) is 0 Å². The molecule has 0 atom stereocenters. The van der Waals surface area contributed by atoms with E-state index in [-0.39, 0.29) is 11.0 Å². The van der Waals surface area contributed by atoms with E-state index in [4.69, 9.17) is 0 Å². The van der Waals surface area contributed by atoms with Crippen LogP contribution in [0.5, 0.6) is 0 Å². The zero-order chi connectivity index (χ0) is 2.00. The molecule has 0 spiro atoms. The minimum absolute atomic E-state index is 0. The summed E-state index contributed by atoms with van der Waals surface area (Å²) in [5.41, 5.74) is 0. The summed E-state index contributed by atoms with van der Waals surface area (Å²) in [7, 11) is 0. The molecule has 0 aliphatic carbocycles. The van der Waals surface area contributed by atoms with Gasteiger partial charge in [-0.2, -0.15) is 0 Å². The summed E-state index contributed by atoms with van der Waals surface area (Å²) in [6.07, 6.45) is 0. The Hall–Kier alpha value is 0.634. The maximum Gasteiger partial charge on any atom is -0.870 e. The first-order valence-corrected chi connectivity index (χ1v) is 2.06. The molecule has 0 aliphatic rings. The molecule has 3 heteroatoms. The third kappa shape index (κ3) is 17.5. The predicted molar refractivity (Wildman–Crippen MR) is 8.49 cm³/mol. The van der Waals surface area contributed by atoms with E-state index < -0.39 is 0 Å². The zero-order valence-electron chi connectivity index (χ0n) is 2.36. The van der Waals surface area contributed by atoms with Gasteiger partial charge in [-0.25, -0.2) is 0 Å². The fourth-order valence-corrected chi connectivity index (χ4v) is 0. The Morgan fingerprint density at radius 3 is 1.25 bits per heavy atom. The van der Waals surface area contributed by atoms with Crippen molar-refractivity contribution in [2.75, 3.05) is 0 Å². The number of hydrogen-bond acceptors (Lipinski definition) is 1. The molecule has 0 aliphatic heterocycles. The van der Waals surface area contributed by atoms with Crippen molar-refractivity contribution in [3.63, 3.8) is 0 Å². The fraction of sp³-hybridized carbons (Fsp3) is 1.00.